The first-order valence-electron chi connectivity index (χ1n) is 8.03. The number of aryl methyl sites for hydroxylation is 2. The Hall–Kier alpha value is -2.98. The summed E-state index contributed by atoms with van der Waals surface area (Å²) >= 11 is 0. The minimum Gasteiger partial charge on any atom is -0.444 e. The van der Waals surface area contributed by atoms with E-state index in [1.54, 1.807) is 30.5 Å². The third-order valence-corrected chi connectivity index (χ3v) is 5.59. The number of hydrogen-bond acceptors (Lipinski definition) is 7. The summed E-state index contributed by atoms with van der Waals surface area (Å²) in [6.45, 7) is 4.46. The van der Waals surface area contributed by atoms with Crippen molar-refractivity contribution in [2.45, 2.75) is 31.7 Å². The fourth-order valence-electron chi connectivity index (χ4n) is 2.56. The first-order valence-corrected chi connectivity index (χ1v) is 9.51. The lowest BCUT2D eigenvalue weighted by atomic mass is 10.1. The minimum absolute atomic E-state index is 0.0607. The van der Waals surface area contributed by atoms with Crippen molar-refractivity contribution in [1.29, 1.82) is 0 Å². The van der Waals surface area contributed by atoms with Crippen LogP contribution in [0.2, 0.25) is 0 Å². The van der Waals surface area contributed by atoms with Gasteiger partial charge in [-0.25, -0.2) is 13.4 Å². The second kappa shape index (κ2) is 7.33. The Balaban J connectivity index is 1.72. The quantitative estimate of drug-likeness (QED) is 0.661. The second-order valence-electron chi connectivity index (χ2n) is 5.93. The van der Waals surface area contributed by atoms with E-state index in [4.69, 9.17) is 8.94 Å². The Morgan fingerprint density at radius 1 is 1.26 bits per heavy atom. The van der Waals surface area contributed by atoms with Gasteiger partial charge in [-0.05, 0) is 32.9 Å². The lowest BCUT2D eigenvalue weighted by Gasteiger charge is -2.14. The highest BCUT2D eigenvalue weighted by molar-refractivity contribution is 7.89. The van der Waals surface area contributed by atoms with Crippen LogP contribution in [-0.2, 0) is 14.8 Å². The van der Waals surface area contributed by atoms with Crippen molar-refractivity contribution < 1.29 is 22.2 Å². The van der Waals surface area contributed by atoms with Gasteiger partial charge in [-0.1, -0.05) is 17.3 Å². The van der Waals surface area contributed by atoms with Crippen LogP contribution in [0, 0.1) is 13.8 Å². The number of rotatable bonds is 6. The molecule has 0 aliphatic rings. The molecule has 2 heterocycles. The van der Waals surface area contributed by atoms with Crippen LogP contribution < -0.4 is 10.0 Å². The van der Waals surface area contributed by atoms with Crippen LogP contribution in [0.15, 0.2) is 50.7 Å². The monoisotopic (exact) mass is 390 g/mol. The fraction of sp³-hybridized carbons (Fsp3) is 0.235. The van der Waals surface area contributed by atoms with Crippen molar-refractivity contribution in [3.05, 3.63) is 48.3 Å². The molecule has 1 aromatic carbocycles. The van der Waals surface area contributed by atoms with E-state index in [2.05, 4.69) is 20.2 Å². The highest BCUT2D eigenvalue weighted by Crippen LogP contribution is 2.22. The second-order valence-corrected chi connectivity index (χ2v) is 7.58. The van der Waals surface area contributed by atoms with Crippen molar-refractivity contribution in [3.8, 4) is 11.3 Å². The number of carbonyl (C=O) groups is 1. The Morgan fingerprint density at radius 2 is 2.04 bits per heavy atom. The summed E-state index contributed by atoms with van der Waals surface area (Å²) in [6, 6.07) is 5.92. The van der Waals surface area contributed by atoms with Gasteiger partial charge in [-0.2, -0.15) is 4.72 Å². The molecule has 0 fully saturated rings. The molecule has 0 saturated carbocycles. The average Bonchev–Trinajstić information content (AvgIpc) is 3.25. The molecule has 0 aliphatic carbocycles. The Labute approximate surface area is 155 Å². The zero-order valence-electron chi connectivity index (χ0n) is 14.9. The molecule has 0 spiro atoms. The number of oxazole rings is 1. The normalized spacial score (nSPS) is 12.7. The number of amides is 1. The van der Waals surface area contributed by atoms with Crippen LogP contribution in [0.3, 0.4) is 0 Å². The predicted molar refractivity (Wildman–Crippen MR) is 96.3 cm³/mol. The number of hydrogen-bond donors (Lipinski definition) is 2. The number of nitrogens with zero attached hydrogens (tertiary/aromatic N) is 2. The fourth-order valence-corrected chi connectivity index (χ4v) is 4.09. The van der Waals surface area contributed by atoms with Crippen molar-refractivity contribution >= 4 is 21.6 Å². The van der Waals surface area contributed by atoms with Gasteiger partial charge in [0, 0.05) is 11.3 Å². The van der Waals surface area contributed by atoms with Crippen LogP contribution in [0.5, 0.6) is 0 Å². The van der Waals surface area contributed by atoms with Crippen LogP contribution in [-0.4, -0.2) is 30.5 Å². The lowest BCUT2D eigenvalue weighted by molar-refractivity contribution is -0.117. The van der Waals surface area contributed by atoms with E-state index in [0.717, 1.165) is 5.56 Å². The Morgan fingerprint density at radius 3 is 2.67 bits per heavy atom. The van der Waals surface area contributed by atoms with Crippen LogP contribution in [0.1, 0.15) is 18.4 Å². The molecule has 0 radical (unpaired) electrons. The third kappa shape index (κ3) is 4.07. The number of sulfonamides is 1. The van der Waals surface area contributed by atoms with E-state index in [0.29, 0.717) is 11.4 Å². The Kier molecular flexibility index (Phi) is 5.10. The summed E-state index contributed by atoms with van der Waals surface area (Å²) < 4.78 is 37.4. The highest BCUT2D eigenvalue weighted by atomic mass is 32.2. The first-order chi connectivity index (χ1) is 12.8. The van der Waals surface area contributed by atoms with Gasteiger partial charge in [0.15, 0.2) is 17.9 Å². The van der Waals surface area contributed by atoms with Gasteiger partial charge in [0.1, 0.15) is 10.6 Å². The van der Waals surface area contributed by atoms with E-state index in [1.807, 2.05) is 0 Å². The molecule has 142 valence electrons. The number of carbonyl (C=O) groups excluding carboxylic acids is 1. The molecular formula is C17H18N4O5S. The van der Waals surface area contributed by atoms with Gasteiger partial charge in [0.05, 0.1) is 12.2 Å². The summed E-state index contributed by atoms with van der Waals surface area (Å²) in [7, 11) is -3.95. The maximum atomic E-state index is 12.5. The molecule has 0 aliphatic heterocycles. The molecule has 2 N–H and O–H groups in total. The number of aromatic nitrogens is 2. The largest absolute Gasteiger partial charge is 0.444 e. The molecule has 10 heteroatoms. The van der Waals surface area contributed by atoms with E-state index in [1.165, 1.54) is 27.2 Å². The molecule has 0 saturated heterocycles. The van der Waals surface area contributed by atoms with Gasteiger partial charge in [-0.15, -0.1) is 0 Å². The first kappa shape index (κ1) is 18.8. The number of nitrogens with one attached hydrogen (secondary N) is 2. The van der Waals surface area contributed by atoms with E-state index < -0.39 is 22.0 Å². The van der Waals surface area contributed by atoms with Gasteiger partial charge >= 0.3 is 0 Å². The van der Waals surface area contributed by atoms with Gasteiger partial charge < -0.3 is 14.3 Å². The number of anilines is 1. The molecule has 3 aromatic rings. The third-order valence-electron chi connectivity index (χ3n) is 3.81. The zero-order chi connectivity index (χ0) is 19.6. The molecule has 0 unspecified atom stereocenters. The van der Waals surface area contributed by atoms with Gasteiger partial charge in [-0.3, -0.25) is 4.79 Å². The topological polar surface area (TPSA) is 127 Å². The SMILES string of the molecule is Cc1noc(C)c1S(=O)(=O)N[C@@H](C)C(=O)Nc1cccc(-c2cnco2)c1. The Bertz CT molecular complexity index is 1040. The van der Waals surface area contributed by atoms with Crippen molar-refractivity contribution in [3.63, 3.8) is 0 Å². The van der Waals surface area contributed by atoms with Crippen LogP contribution >= 0.6 is 0 Å². The highest BCUT2D eigenvalue weighted by Gasteiger charge is 2.28. The molecule has 1 atom stereocenters. The molecule has 3 rings (SSSR count). The summed E-state index contributed by atoms with van der Waals surface area (Å²) in [5.41, 5.74) is 1.46. The molecule has 27 heavy (non-hydrogen) atoms. The summed E-state index contributed by atoms with van der Waals surface area (Å²) in [5, 5.41) is 6.30. The van der Waals surface area contributed by atoms with Crippen molar-refractivity contribution in [1.82, 2.24) is 14.9 Å². The van der Waals surface area contributed by atoms with E-state index >= 15 is 0 Å². The summed E-state index contributed by atoms with van der Waals surface area (Å²) in [4.78, 5) is 16.2. The van der Waals surface area contributed by atoms with Gasteiger partial charge in [0.25, 0.3) is 0 Å². The average molecular weight is 390 g/mol. The summed E-state index contributed by atoms with van der Waals surface area (Å²) in [5.74, 6) is 0.200. The van der Waals surface area contributed by atoms with E-state index in [9.17, 15) is 13.2 Å². The standard InChI is InChI=1S/C17H18N4O5S/c1-10-16(12(3)26-20-10)27(23,24)21-11(2)17(22)19-14-6-4-5-13(7-14)15-8-18-9-25-15/h4-9,11,21H,1-3H3,(H,19,22)/t11-/m0/s1. The maximum absolute atomic E-state index is 12.5. The molecule has 2 aromatic heterocycles. The minimum atomic E-state index is -3.95. The van der Waals surface area contributed by atoms with Crippen molar-refractivity contribution in [2.75, 3.05) is 5.32 Å². The van der Waals surface area contributed by atoms with Crippen LogP contribution in [0.25, 0.3) is 11.3 Å². The van der Waals surface area contributed by atoms with E-state index in [-0.39, 0.29) is 16.3 Å². The molecule has 9 nitrogen and oxygen atoms in total. The smallest absolute Gasteiger partial charge is 0.246 e. The summed E-state index contributed by atoms with van der Waals surface area (Å²) in [6.07, 6.45) is 2.87. The molecule has 0 bridgehead atoms. The maximum Gasteiger partial charge on any atom is 0.246 e. The molecular weight excluding hydrogens is 372 g/mol. The predicted octanol–water partition coefficient (Wildman–Crippen LogP) is 2.25. The lowest BCUT2D eigenvalue weighted by Crippen LogP contribution is -2.41. The van der Waals surface area contributed by atoms with Crippen molar-refractivity contribution in [2.24, 2.45) is 0 Å². The zero-order valence-corrected chi connectivity index (χ0v) is 15.7. The number of benzene rings is 1. The van der Waals surface area contributed by atoms with Gasteiger partial charge in [0.2, 0.25) is 15.9 Å². The molecule has 1 amide bonds. The van der Waals surface area contributed by atoms with Crippen LogP contribution in [0.4, 0.5) is 5.69 Å².